The number of hydrogen-bond acceptors (Lipinski definition) is 4. The molecule has 0 unspecified atom stereocenters. The fourth-order valence-electron chi connectivity index (χ4n) is 2.86. The minimum atomic E-state index is -0.466. The first-order chi connectivity index (χ1) is 10.6. The van der Waals surface area contributed by atoms with Crippen LogP contribution in [0.5, 0.6) is 5.75 Å². The largest absolute Gasteiger partial charge is 0.507 e. The molecular weight excluding hydrogens is 282 g/mol. The highest BCUT2D eigenvalue weighted by molar-refractivity contribution is 5.80. The molecule has 22 heavy (non-hydrogen) atoms. The molecule has 4 N–H and O–H groups in total. The number of carbonyl (C=O) groups is 1. The van der Waals surface area contributed by atoms with Gasteiger partial charge in [0.15, 0.2) is 0 Å². The van der Waals surface area contributed by atoms with Crippen LogP contribution in [0.3, 0.4) is 0 Å². The summed E-state index contributed by atoms with van der Waals surface area (Å²) in [5.41, 5.74) is 14.9. The van der Waals surface area contributed by atoms with Crippen LogP contribution in [0, 0.1) is 0 Å². The van der Waals surface area contributed by atoms with E-state index in [4.69, 9.17) is 11.3 Å². The Morgan fingerprint density at radius 1 is 1.45 bits per heavy atom. The van der Waals surface area contributed by atoms with Crippen LogP contribution in [0.4, 0.5) is 5.69 Å². The summed E-state index contributed by atoms with van der Waals surface area (Å²) in [4.78, 5) is 14.4. The van der Waals surface area contributed by atoms with Crippen LogP contribution >= 0.6 is 0 Å². The van der Waals surface area contributed by atoms with Crippen LogP contribution in [0.1, 0.15) is 37.7 Å². The Hall–Kier alpha value is -2.24. The number of rotatable bonds is 6. The van der Waals surface area contributed by atoms with Gasteiger partial charge in [-0.2, -0.15) is 0 Å². The van der Waals surface area contributed by atoms with Crippen LogP contribution in [0.15, 0.2) is 23.3 Å². The average Bonchev–Trinajstić information content (AvgIpc) is 2.51. The standard InChI is InChI=1S/C15H21N5O2/c16-15(22)13(18-11-4-2-1-3-5-11)9-10-6-7-14(21)12(8-10)19-20-17/h6-8,11,13,18,21H,1-5,9H2,(H2,16,22)/t13-/m0/s1. The molecule has 7 nitrogen and oxygen atoms in total. The number of hydrogen-bond donors (Lipinski definition) is 3. The van der Waals surface area contributed by atoms with Gasteiger partial charge in [0, 0.05) is 11.0 Å². The lowest BCUT2D eigenvalue weighted by molar-refractivity contribution is -0.120. The first-order valence-corrected chi connectivity index (χ1v) is 7.52. The van der Waals surface area contributed by atoms with E-state index in [0.29, 0.717) is 12.5 Å². The summed E-state index contributed by atoms with van der Waals surface area (Å²) in [5, 5.41) is 16.4. The van der Waals surface area contributed by atoms with Crippen molar-refractivity contribution in [2.45, 2.75) is 50.6 Å². The van der Waals surface area contributed by atoms with Crippen molar-refractivity contribution in [1.82, 2.24) is 5.32 Å². The van der Waals surface area contributed by atoms with Gasteiger partial charge < -0.3 is 16.2 Å². The molecule has 1 atom stereocenters. The Bertz CT molecular complexity index is 577. The summed E-state index contributed by atoms with van der Waals surface area (Å²) in [6.45, 7) is 0. The topological polar surface area (TPSA) is 124 Å². The lowest BCUT2D eigenvalue weighted by atomic mass is 9.94. The molecule has 1 aromatic rings. The second-order valence-corrected chi connectivity index (χ2v) is 5.67. The van der Waals surface area contributed by atoms with Gasteiger partial charge in [0.2, 0.25) is 5.91 Å². The van der Waals surface area contributed by atoms with Crippen molar-refractivity contribution in [2.75, 3.05) is 0 Å². The maximum Gasteiger partial charge on any atom is 0.234 e. The Kier molecular flexibility index (Phi) is 5.63. The monoisotopic (exact) mass is 303 g/mol. The molecule has 0 saturated heterocycles. The van der Waals surface area contributed by atoms with E-state index in [-0.39, 0.29) is 11.4 Å². The third-order valence-electron chi connectivity index (χ3n) is 4.02. The predicted octanol–water partition coefficient (Wildman–Crippen LogP) is 2.65. The second-order valence-electron chi connectivity index (χ2n) is 5.67. The molecule has 0 bridgehead atoms. The van der Waals surface area contributed by atoms with Crippen LogP contribution < -0.4 is 11.1 Å². The molecule has 0 aromatic heterocycles. The van der Waals surface area contributed by atoms with E-state index in [0.717, 1.165) is 18.4 Å². The molecule has 1 aliphatic carbocycles. The summed E-state index contributed by atoms with van der Waals surface area (Å²) >= 11 is 0. The van der Waals surface area contributed by atoms with Gasteiger partial charge in [-0.15, -0.1) is 0 Å². The van der Waals surface area contributed by atoms with Crippen LogP contribution in [-0.4, -0.2) is 23.1 Å². The maximum atomic E-state index is 11.7. The molecule has 0 radical (unpaired) electrons. The summed E-state index contributed by atoms with van der Waals surface area (Å²) < 4.78 is 0. The van der Waals surface area contributed by atoms with E-state index < -0.39 is 11.9 Å². The van der Waals surface area contributed by atoms with Crippen molar-refractivity contribution >= 4 is 11.6 Å². The fraction of sp³-hybridized carbons (Fsp3) is 0.533. The Morgan fingerprint density at radius 3 is 2.82 bits per heavy atom. The zero-order valence-electron chi connectivity index (χ0n) is 12.4. The number of amides is 1. The van der Waals surface area contributed by atoms with Gasteiger partial charge in [0.25, 0.3) is 0 Å². The Balaban J connectivity index is 2.08. The smallest absolute Gasteiger partial charge is 0.234 e. The van der Waals surface area contributed by atoms with Crippen molar-refractivity contribution in [3.8, 4) is 5.75 Å². The summed E-state index contributed by atoms with van der Waals surface area (Å²) in [6, 6.07) is 4.59. The highest BCUT2D eigenvalue weighted by Gasteiger charge is 2.22. The average molecular weight is 303 g/mol. The van der Waals surface area contributed by atoms with Gasteiger partial charge in [-0.05, 0) is 42.5 Å². The highest BCUT2D eigenvalue weighted by atomic mass is 16.3. The zero-order chi connectivity index (χ0) is 15.9. The quantitative estimate of drug-likeness (QED) is 0.425. The van der Waals surface area contributed by atoms with Gasteiger partial charge >= 0.3 is 0 Å². The summed E-state index contributed by atoms with van der Waals surface area (Å²) in [5.74, 6) is -0.485. The van der Waals surface area contributed by atoms with Gasteiger partial charge in [0.05, 0.1) is 11.7 Å². The van der Waals surface area contributed by atoms with E-state index in [1.165, 1.54) is 25.3 Å². The third kappa shape index (κ3) is 4.38. The van der Waals surface area contributed by atoms with Crippen molar-refractivity contribution in [2.24, 2.45) is 10.8 Å². The van der Waals surface area contributed by atoms with Crippen molar-refractivity contribution in [1.29, 1.82) is 0 Å². The van der Waals surface area contributed by atoms with Gasteiger partial charge in [-0.3, -0.25) is 4.79 Å². The zero-order valence-corrected chi connectivity index (χ0v) is 12.4. The number of carbonyl (C=O) groups excluding carboxylic acids is 1. The molecular formula is C15H21N5O2. The molecule has 1 saturated carbocycles. The SMILES string of the molecule is [N-]=[N+]=Nc1cc(C[C@H](NC2CCCCC2)C(N)=O)ccc1O. The minimum Gasteiger partial charge on any atom is -0.507 e. The lowest BCUT2D eigenvalue weighted by Gasteiger charge is -2.27. The molecule has 1 aliphatic rings. The molecule has 1 aromatic carbocycles. The van der Waals surface area contributed by atoms with Crippen molar-refractivity contribution < 1.29 is 9.90 Å². The minimum absolute atomic E-state index is 0.0857. The highest BCUT2D eigenvalue weighted by Crippen LogP contribution is 2.28. The number of nitrogens with zero attached hydrogens (tertiary/aromatic N) is 3. The molecule has 0 heterocycles. The normalized spacial score (nSPS) is 16.7. The molecule has 118 valence electrons. The van der Waals surface area contributed by atoms with E-state index in [1.807, 2.05) is 0 Å². The number of nitrogens with one attached hydrogen (secondary N) is 1. The van der Waals surface area contributed by atoms with E-state index in [1.54, 1.807) is 12.1 Å². The molecule has 2 rings (SSSR count). The number of primary amides is 1. The first kappa shape index (κ1) is 16.1. The van der Waals surface area contributed by atoms with Gasteiger partial charge in [-0.25, -0.2) is 0 Å². The number of benzene rings is 1. The maximum absolute atomic E-state index is 11.7. The molecule has 0 aliphatic heterocycles. The lowest BCUT2D eigenvalue weighted by Crippen LogP contribution is -2.48. The van der Waals surface area contributed by atoms with Gasteiger partial charge in [0.1, 0.15) is 5.75 Å². The number of azide groups is 1. The molecule has 7 heteroatoms. The van der Waals surface area contributed by atoms with Gasteiger partial charge in [-0.1, -0.05) is 30.4 Å². The van der Waals surface area contributed by atoms with Crippen LogP contribution in [0.25, 0.3) is 10.4 Å². The van der Waals surface area contributed by atoms with Crippen LogP contribution in [-0.2, 0) is 11.2 Å². The molecule has 0 spiro atoms. The van der Waals surface area contributed by atoms with Crippen molar-refractivity contribution in [3.05, 3.63) is 34.2 Å². The second kappa shape index (κ2) is 7.68. The summed E-state index contributed by atoms with van der Waals surface area (Å²) in [7, 11) is 0. The van der Waals surface area contributed by atoms with E-state index in [2.05, 4.69) is 15.3 Å². The summed E-state index contributed by atoms with van der Waals surface area (Å²) in [6.07, 6.45) is 6.10. The van der Waals surface area contributed by atoms with Crippen molar-refractivity contribution in [3.63, 3.8) is 0 Å². The number of nitrogens with two attached hydrogens (primary N) is 1. The number of phenolic OH excluding ortho intramolecular Hbond substituents is 1. The van der Waals surface area contributed by atoms with E-state index in [9.17, 15) is 9.90 Å². The van der Waals surface area contributed by atoms with E-state index >= 15 is 0 Å². The fourth-order valence-corrected chi connectivity index (χ4v) is 2.86. The first-order valence-electron chi connectivity index (χ1n) is 7.52. The predicted molar refractivity (Wildman–Crippen MR) is 83.6 cm³/mol. The number of phenols is 1. The number of aromatic hydroxyl groups is 1. The molecule has 1 fully saturated rings. The Labute approximate surface area is 129 Å². The third-order valence-corrected chi connectivity index (χ3v) is 4.02. The Morgan fingerprint density at radius 2 is 2.18 bits per heavy atom. The molecule has 1 amide bonds. The van der Waals surface area contributed by atoms with Crippen LogP contribution in [0.2, 0.25) is 0 Å².